The lowest BCUT2D eigenvalue weighted by Gasteiger charge is -2.24. The van der Waals surface area contributed by atoms with Crippen LogP contribution in [0.25, 0.3) is 0 Å². The first-order valence-corrected chi connectivity index (χ1v) is 5.36. The van der Waals surface area contributed by atoms with Crippen molar-refractivity contribution in [3.05, 3.63) is 22.7 Å². The molecule has 108 valence electrons. The fourth-order valence-electron chi connectivity index (χ4n) is 1.97. The van der Waals surface area contributed by atoms with Crippen molar-refractivity contribution in [1.82, 2.24) is 9.55 Å². The zero-order chi connectivity index (χ0) is 13.5. The highest BCUT2D eigenvalue weighted by Crippen LogP contribution is 2.40. The maximum Gasteiger partial charge on any atom is 0.351 e. The highest BCUT2D eigenvalue weighted by atomic mass is 19.1. The molecule has 0 unspecified atom stereocenters. The van der Waals surface area contributed by atoms with Crippen molar-refractivity contribution in [1.29, 1.82) is 0 Å². The molecule has 1 aromatic heterocycles. The SMILES string of the molecule is C.C[C@@]1(F)[C@H](O)[C@@H](CO)O[C@H]1n1ccc(N)nc1=O. The van der Waals surface area contributed by atoms with Crippen LogP contribution in [0, 0.1) is 0 Å². The van der Waals surface area contributed by atoms with Crippen LogP contribution in [0.1, 0.15) is 20.6 Å². The summed E-state index contributed by atoms with van der Waals surface area (Å²) in [6.07, 6.45) is -2.74. The van der Waals surface area contributed by atoms with Crippen LogP contribution in [0.3, 0.4) is 0 Å². The monoisotopic (exact) mass is 275 g/mol. The minimum Gasteiger partial charge on any atom is -0.394 e. The number of alkyl halides is 1. The van der Waals surface area contributed by atoms with Crippen molar-refractivity contribution in [3.63, 3.8) is 0 Å². The molecule has 2 heterocycles. The number of nitrogens with two attached hydrogens (primary N) is 1. The lowest BCUT2D eigenvalue weighted by Crippen LogP contribution is -2.42. The lowest BCUT2D eigenvalue weighted by molar-refractivity contribution is -0.0610. The van der Waals surface area contributed by atoms with Crippen LogP contribution in [0.5, 0.6) is 0 Å². The minimum absolute atomic E-state index is 0. The van der Waals surface area contributed by atoms with Crippen LogP contribution in [-0.2, 0) is 4.74 Å². The molecule has 4 atom stereocenters. The van der Waals surface area contributed by atoms with Gasteiger partial charge in [-0.2, -0.15) is 4.98 Å². The quantitative estimate of drug-likeness (QED) is 0.667. The molecule has 1 saturated heterocycles. The van der Waals surface area contributed by atoms with E-state index >= 15 is 0 Å². The van der Waals surface area contributed by atoms with Crippen LogP contribution in [-0.4, -0.2) is 44.2 Å². The zero-order valence-electron chi connectivity index (χ0n) is 9.65. The van der Waals surface area contributed by atoms with Gasteiger partial charge in [-0.1, -0.05) is 7.43 Å². The van der Waals surface area contributed by atoms with Gasteiger partial charge < -0.3 is 20.7 Å². The van der Waals surface area contributed by atoms with E-state index in [1.165, 1.54) is 12.3 Å². The van der Waals surface area contributed by atoms with Crippen LogP contribution >= 0.6 is 0 Å². The highest BCUT2D eigenvalue weighted by molar-refractivity contribution is 5.23. The topological polar surface area (TPSA) is 111 Å². The van der Waals surface area contributed by atoms with Crippen molar-refractivity contribution < 1.29 is 19.3 Å². The zero-order valence-corrected chi connectivity index (χ0v) is 9.65. The van der Waals surface area contributed by atoms with Gasteiger partial charge in [0.15, 0.2) is 11.9 Å². The van der Waals surface area contributed by atoms with Gasteiger partial charge in [0, 0.05) is 6.20 Å². The van der Waals surface area contributed by atoms with Crippen molar-refractivity contribution in [2.45, 2.75) is 38.5 Å². The Kier molecular flexibility index (Phi) is 4.28. The van der Waals surface area contributed by atoms with Crippen LogP contribution in [0.4, 0.5) is 10.2 Å². The van der Waals surface area contributed by atoms with Crippen LogP contribution in [0.15, 0.2) is 17.1 Å². The Morgan fingerprint density at radius 3 is 2.79 bits per heavy atom. The van der Waals surface area contributed by atoms with Gasteiger partial charge in [-0.15, -0.1) is 0 Å². The largest absolute Gasteiger partial charge is 0.394 e. The van der Waals surface area contributed by atoms with Gasteiger partial charge >= 0.3 is 5.69 Å². The van der Waals surface area contributed by atoms with E-state index in [0.29, 0.717) is 0 Å². The average Bonchev–Trinajstić information content (AvgIpc) is 2.52. The van der Waals surface area contributed by atoms with Crippen molar-refractivity contribution in [2.75, 3.05) is 12.3 Å². The van der Waals surface area contributed by atoms with Gasteiger partial charge in [0.25, 0.3) is 0 Å². The number of hydrogen-bond acceptors (Lipinski definition) is 6. The summed E-state index contributed by atoms with van der Waals surface area (Å²) < 4.78 is 20.4. The summed E-state index contributed by atoms with van der Waals surface area (Å²) in [6, 6.07) is 1.32. The summed E-state index contributed by atoms with van der Waals surface area (Å²) in [6.45, 7) is 0.551. The van der Waals surface area contributed by atoms with Crippen molar-refractivity contribution >= 4 is 5.82 Å². The molecule has 1 aliphatic heterocycles. The van der Waals surface area contributed by atoms with Gasteiger partial charge in [0.05, 0.1) is 6.61 Å². The maximum absolute atomic E-state index is 14.4. The number of aliphatic hydroxyl groups is 2. The molecule has 1 aliphatic rings. The Balaban J connectivity index is 0.00000180. The van der Waals surface area contributed by atoms with E-state index in [0.717, 1.165) is 11.5 Å². The van der Waals surface area contributed by atoms with Gasteiger partial charge in [0.1, 0.15) is 18.0 Å². The fourth-order valence-corrected chi connectivity index (χ4v) is 1.97. The Hall–Kier alpha value is -1.51. The van der Waals surface area contributed by atoms with Crippen LogP contribution in [0.2, 0.25) is 0 Å². The molecule has 2 rings (SSSR count). The number of anilines is 1. The number of hydrogen-bond donors (Lipinski definition) is 3. The van der Waals surface area contributed by atoms with E-state index < -0.39 is 36.4 Å². The third kappa shape index (κ3) is 2.46. The van der Waals surface area contributed by atoms with Gasteiger partial charge in [-0.25, -0.2) is 9.18 Å². The fraction of sp³-hybridized carbons (Fsp3) is 0.636. The van der Waals surface area contributed by atoms with E-state index in [1.54, 1.807) is 0 Å². The molecule has 19 heavy (non-hydrogen) atoms. The van der Waals surface area contributed by atoms with E-state index in [2.05, 4.69) is 4.98 Å². The Labute approximate surface area is 109 Å². The van der Waals surface area contributed by atoms with Crippen molar-refractivity contribution in [3.8, 4) is 0 Å². The average molecular weight is 275 g/mol. The normalized spacial score (nSPS) is 34.0. The minimum atomic E-state index is -2.21. The summed E-state index contributed by atoms with van der Waals surface area (Å²) in [5.41, 5.74) is 2.33. The molecular weight excluding hydrogens is 257 g/mol. The molecule has 4 N–H and O–H groups in total. The maximum atomic E-state index is 14.4. The van der Waals surface area contributed by atoms with Crippen LogP contribution < -0.4 is 11.4 Å². The second-order valence-corrected chi connectivity index (χ2v) is 4.35. The molecule has 8 heteroatoms. The molecular formula is C11H18FN3O4. The Morgan fingerprint density at radius 1 is 1.68 bits per heavy atom. The third-order valence-electron chi connectivity index (χ3n) is 3.00. The molecule has 0 amide bonds. The van der Waals surface area contributed by atoms with Gasteiger partial charge in [-0.3, -0.25) is 4.57 Å². The standard InChI is InChI=1S/C10H14FN3O4.CH4/c1-10(11)7(16)5(4-15)18-8(10)14-3-2-6(12)13-9(14)17;/h2-3,5,7-8,15-16H,4H2,1H3,(H2,12,13,17);1H4/t5-,7-,8-,10-;/m1./s1. The number of aromatic nitrogens is 2. The van der Waals surface area contributed by atoms with E-state index in [-0.39, 0.29) is 13.2 Å². The summed E-state index contributed by atoms with van der Waals surface area (Å²) in [5.74, 6) is 0.00839. The van der Waals surface area contributed by atoms with E-state index in [4.69, 9.17) is 15.6 Å². The Bertz CT molecular complexity index is 505. The number of ether oxygens (including phenoxy) is 1. The number of nitrogens with zero attached hydrogens (tertiary/aromatic N) is 2. The third-order valence-corrected chi connectivity index (χ3v) is 3.00. The molecule has 1 fully saturated rings. The molecule has 0 aromatic carbocycles. The van der Waals surface area contributed by atoms with E-state index in [1.807, 2.05) is 0 Å². The second kappa shape index (κ2) is 5.24. The number of halogens is 1. The number of aliphatic hydroxyl groups excluding tert-OH is 2. The molecule has 0 bridgehead atoms. The Morgan fingerprint density at radius 2 is 2.32 bits per heavy atom. The number of nitrogen functional groups attached to an aromatic ring is 1. The van der Waals surface area contributed by atoms with E-state index in [9.17, 15) is 14.3 Å². The summed E-state index contributed by atoms with van der Waals surface area (Å²) in [5, 5.41) is 18.6. The molecule has 0 spiro atoms. The molecule has 0 aliphatic carbocycles. The summed E-state index contributed by atoms with van der Waals surface area (Å²) in [4.78, 5) is 15.1. The first-order valence-electron chi connectivity index (χ1n) is 5.36. The van der Waals surface area contributed by atoms with Gasteiger partial charge in [0.2, 0.25) is 0 Å². The first-order chi connectivity index (χ1) is 8.37. The van der Waals surface area contributed by atoms with Gasteiger partial charge in [-0.05, 0) is 13.0 Å². The summed E-state index contributed by atoms with van der Waals surface area (Å²) >= 11 is 0. The van der Waals surface area contributed by atoms with Crippen molar-refractivity contribution in [2.24, 2.45) is 0 Å². The molecule has 0 saturated carbocycles. The summed E-state index contributed by atoms with van der Waals surface area (Å²) in [7, 11) is 0. The highest BCUT2D eigenvalue weighted by Gasteiger charge is 2.55. The predicted molar refractivity (Wildman–Crippen MR) is 66.2 cm³/mol. The second-order valence-electron chi connectivity index (χ2n) is 4.35. The number of rotatable bonds is 2. The molecule has 0 radical (unpaired) electrons. The lowest BCUT2D eigenvalue weighted by atomic mass is 9.98. The smallest absolute Gasteiger partial charge is 0.351 e. The predicted octanol–water partition coefficient (Wildman–Crippen LogP) is -0.560. The molecule has 1 aromatic rings. The first kappa shape index (κ1) is 15.5. The molecule has 7 nitrogen and oxygen atoms in total.